The van der Waals surface area contributed by atoms with Crippen LogP contribution in [0.1, 0.15) is 17.2 Å². The van der Waals surface area contributed by atoms with Crippen molar-refractivity contribution in [3.05, 3.63) is 95.8 Å². The Morgan fingerprint density at radius 1 is 0.944 bits per heavy atom. The van der Waals surface area contributed by atoms with Crippen molar-refractivity contribution in [2.75, 3.05) is 31.0 Å². The van der Waals surface area contributed by atoms with E-state index in [1.807, 2.05) is 49.3 Å². The Bertz CT molecular complexity index is 1310. The summed E-state index contributed by atoms with van der Waals surface area (Å²) in [6.07, 6.45) is 0. The van der Waals surface area contributed by atoms with Gasteiger partial charge in [0.25, 0.3) is 0 Å². The molecule has 1 N–H and O–H groups in total. The van der Waals surface area contributed by atoms with Crippen molar-refractivity contribution in [3.8, 4) is 0 Å². The molecule has 4 unspecified atom stereocenters. The maximum atomic E-state index is 14.0. The Morgan fingerprint density at radius 2 is 1.58 bits per heavy atom. The summed E-state index contributed by atoms with van der Waals surface area (Å²) < 4.78 is 18.8. The quantitative estimate of drug-likeness (QED) is 0.439. The van der Waals surface area contributed by atoms with Crippen molar-refractivity contribution in [2.45, 2.75) is 11.6 Å². The zero-order valence-electron chi connectivity index (χ0n) is 20.1. The van der Waals surface area contributed by atoms with Gasteiger partial charge in [0.1, 0.15) is 5.82 Å². The smallest absolute Gasteiger partial charge is 0.331 e. The zero-order chi connectivity index (χ0) is 25.6. The first-order chi connectivity index (χ1) is 17.3. The SMILES string of the molecule is COC(=O)C1(c2ccccc2)NC(c2ccc(N(C)C)cc2)C2C(=O)N(c3ccc(F)cc3)C(=O)C21. The van der Waals surface area contributed by atoms with E-state index in [1.54, 1.807) is 24.3 Å². The van der Waals surface area contributed by atoms with Crippen molar-refractivity contribution >= 4 is 29.2 Å². The minimum absolute atomic E-state index is 0.259. The number of imide groups is 1. The summed E-state index contributed by atoms with van der Waals surface area (Å²) in [4.78, 5) is 44.4. The number of fused-ring (bicyclic) bond motifs is 1. The van der Waals surface area contributed by atoms with Crippen LogP contribution in [0.15, 0.2) is 78.9 Å². The molecular weight excluding hydrogens is 461 g/mol. The van der Waals surface area contributed by atoms with Gasteiger partial charge >= 0.3 is 5.97 Å². The van der Waals surface area contributed by atoms with Gasteiger partial charge in [-0.05, 0) is 47.5 Å². The lowest BCUT2D eigenvalue weighted by Gasteiger charge is -2.33. The van der Waals surface area contributed by atoms with Gasteiger partial charge in [-0.1, -0.05) is 42.5 Å². The number of nitrogens with one attached hydrogen (secondary N) is 1. The predicted molar refractivity (Wildman–Crippen MR) is 133 cm³/mol. The molecule has 2 fully saturated rings. The molecule has 0 aromatic heterocycles. The summed E-state index contributed by atoms with van der Waals surface area (Å²) >= 11 is 0. The number of halogens is 1. The monoisotopic (exact) mass is 487 g/mol. The number of nitrogens with zero attached hydrogens (tertiary/aromatic N) is 2. The largest absolute Gasteiger partial charge is 0.467 e. The van der Waals surface area contributed by atoms with E-state index in [1.165, 1.54) is 31.4 Å². The van der Waals surface area contributed by atoms with Crippen LogP contribution in [0.5, 0.6) is 0 Å². The van der Waals surface area contributed by atoms with E-state index in [2.05, 4.69) is 5.32 Å². The van der Waals surface area contributed by atoms with Crippen molar-refractivity contribution < 1.29 is 23.5 Å². The van der Waals surface area contributed by atoms with E-state index < -0.39 is 47.0 Å². The number of benzene rings is 3. The molecule has 7 nitrogen and oxygen atoms in total. The van der Waals surface area contributed by atoms with Gasteiger partial charge in [-0.15, -0.1) is 0 Å². The fourth-order valence-corrected chi connectivity index (χ4v) is 5.45. The minimum atomic E-state index is -1.59. The molecule has 3 aromatic carbocycles. The lowest BCUT2D eigenvalue weighted by Crippen LogP contribution is -2.53. The summed E-state index contributed by atoms with van der Waals surface area (Å²) in [5.74, 6) is -4.07. The highest BCUT2D eigenvalue weighted by Crippen LogP contribution is 2.54. The van der Waals surface area contributed by atoms with Crippen LogP contribution in [0.25, 0.3) is 0 Å². The van der Waals surface area contributed by atoms with E-state index in [4.69, 9.17) is 4.74 Å². The van der Waals surface area contributed by atoms with Crippen LogP contribution in [0.3, 0.4) is 0 Å². The third-order valence-corrected chi connectivity index (χ3v) is 7.15. The molecule has 8 heteroatoms. The Balaban J connectivity index is 1.69. The summed E-state index contributed by atoms with van der Waals surface area (Å²) in [5, 5.41) is 3.36. The topological polar surface area (TPSA) is 79.0 Å². The second-order valence-electron chi connectivity index (χ2n) is 9.27. The number of methoxy groups -OCH3 is 1. The maximum Gasteiger partial charge on any atom is 0.331 e. The van der Waals surface area contributed by atoms with Crippen LogP contribution in [-0.2, 0) is 24.7 Å². The fourth-order valence-electron chi connectivity index (χ4n) is 5.45. The zero-order valence-corrected chi connectivity index (χ0v) is 20.1. The molecule has 0 spiro atoms. The van der Waals surface area contributed by atoms with Gasteiger partial charge in [-0.25, -0.2) is 14.1 Å². The molecule has 36 heavy (non-hydrogen) atoms. The second kappa shape index (κ2) is 8.87. The molecular formula is C28H26FN3O4. The third kappa shape index (κ3) is 3.48. The normalized spacial score (nSPS) is 25.1. The first-order valence-electron chi connectivity index (χ1n) is 11.6. The van der Waals surface area contributed by atoms with E-state index >= 15 is 0 Å². The van der Waals surface area contributed by atoms with Gasteiger partial charge in [0.05, 0.1) is 24.6 Å². The summed E-state index contributed by atoms with van der Waals surface area (Å²) in [7, 11) is 5.12. The molecule has 0 aliphatic carbocycles. The Morgan fingerprint density at radius 3 is 2.17 bits per heavy atom. The van der Waals surface area contributed by atoms with Crippen LogP contribution < -0.4 is 15.1 Å². The molecule has 2 saturated heterocycles. The summed E-state index contributed by atoms with van der Waals surface area (Å²) in [6.45, 7) is 0. The second-order valence-corrected chi connectivity index (χ2v) is 9.27. The van der Waals surface area contributed by atoms with Crippen molar-refractivity contribution in [1.29, 1.82) is 0 Å². The predicted octanol–water partition coefficient (Wildman–Crippen LogP) is 3.41. The third-order valence-electron chi connectivity index (χ3n) is 7.15. The number of hydrogen-bond acceptors (Lipinski definition) is 6. The molecule has 0 saturated carbocycles. The van der Waals surface area contributed by atoms with E-state index in [0.717, 1.165) is 16.2 Å². The average molecular weight is 488 g/mol. The molecule has 2 amide bonds. The van der Waals surface area contributed by atoms with Crippen LogP contribution in [0, 0.1) is 17.7 Å². The van der Waals surface area contributed by atoms with Gasteiger partial charge in [0, 0.05) is 25.8 Å². The first-order valence-corrected chi connectivity index (χ1v) is 11.6. The Hall–Kier alpha value is -4.04. The number of carbonyl (C=O) groups is 3. The highest BCUT2D eigenvalue weighted by molar-refractivity contribution is 6.24. The molecule has 2 aliphatic rings. The number of esters is 1. The number of carbonyl (C=O) groups excluding carboxylic acids is 3. The molecule has 2 aliphatic heterocycles. The molecule has 4 atom stereocenters. The molecule has 2 heterocycles. The number of hydrogen-bond donors (Lipinski definition) is 1. The summed E-state index contributed by atoms with van der Waals surface area (Å²) in [5.41, 5.74) is 0.931. The number of ether oxygens (including phenoxy) is 1. The van der Waals surface area contributed by atoms with Crippen molar-refractivity contribution in [1.82, 2.24) is 5.32 Å². The van der Waals surface area contributed by atoms with Crippen molar-refractivity contribution in [2.24, 2.45) is 11.8 Å². The maximum absolute atomic E-state index is 14.0. The van der Waals surface area contributed by atoms with Crippen LogP contribution >= 0.6 is 0 Å². The molecule has 0 bridgehead atoms. The van der Waals surface area contributed by atoms with Gasteiger partial charge in [0.2, 0.25) is 11.8 Å². The lowest BCUT2D eigenvalue weighted by atomic mass is 9.75. The summed E-state index contributed by atoms with van der Waals surface area (Å²) in [6, 6.07) is 21.0. The highest BCUT2D eigenvalue weighted by atomic mass is 19.1. The highest BCUT2D eigenvalue weighted by Gasteiger charge is 2.69. The van der Waals surface area contributed by atoms with Gasteiger partial charge < -0.3 is 9.64 Å². The molecule has 0 radical (unpaired) electrons. The van der Waals surface area contributed by atoms with Gasteiger partial charge in [-0.3, -0.25) is 14.9 Å². The number of rotatable bonds is 5. The fraction of sp³-hybridized carbons (Fsp3) is 0.250. The average Bonchev–Trinajstić information content (AvgIpc) is 3.39. The van der Waals surface area contributed by atoms with Crippen LogP contribution in [-0.4, -0.2) is 39.0 Å². The lowest BCUT2D eigenvalue weighted by molar-refractivity contribution is -0.152. The first kappa shape index (κ1) is 23.7. The number of amides is 2. The molecule has 5 rings (SSSR count). The van der Waals surface area contributed by atoms with E-state index in [0.29, 0.717) is 5.56 Å². The van der Waals surface area contributed by atoms with Gasteiger partial charge in [0.15, 0.2) is 5.54 Å². The Kier molecular flexibility index (Phi) is 5.84. The number of anilines is 2. The molecule has 184 valence electrons. The van der Waals surface area contributed by atoms with Crippen LogP contribution in [0.2, 0.25) is 0 Å². The van der Waals surface area contributed by atoms with Crippen molar-refractivity contribution in [3.63, 3.8) is 0 Å². The Labute approximate surface area is 208 Å². The van der Waals surface area contributed by atoms with E-state index in [-0.39, 0.29) is 5.69 Å². The van der Waals surface area contributed by atoms with Crippen LogP contribution in [0.4, 0.5) is 15.8 Å². The standard InChI is InChI=1S/C28H26FN3O4/c1-31(2)20-13-9-17(10-14-20)24-22-23(26(34)32(25(22)33)21-15-11-19(29)12-16-21)28(30-24,27(35)36-3)18-7-5-4-6-8-18/h4-16,22-24,30H,1-3H3. The van der Waals surface area contributed by atoms with E-state index in [9.17, 15) is 18.8 Å². The van der Waals surface area contributed by atoms with Gasteiger partial charge in [-0.2, -0.15) is 0 Å². The minimum Gasteiger partial charge on any atom is -0.467 e. The molecule has 3 aromatic rings.